The van der Waals surface area contributed by atoms with Gasteiger partial charge in [-0.15, -0.1) is 13.2 Å². The van der Waals surface area contributed by atoms with Crippen LogP contribution in [0.2, 0.25) is 0 Å². The van der Waals surface area contributed by atoms with Crippen LogP contribution in [0.4, 0.5) is 18.9 Å². The molecule has 2 fully saturated rings. The van der Waals surface area contributed by atoms with Gasteiger partial charge in [-0.05, 0) is 43.5 Å². The Labute approximate surface area is 191 Å². The van der Waals surface area contributed by atoms with E-state index in [0.717, 1.165) is 5.69 Å². The van der Waals surface area contributed by atoms with Crippen LogP contribution in [0.5, 0.6) is 5.75 Å². The van der Waals surface area contributed by atoms with Crippen LogP contribution in [0, 0.1) is 11.8 Å². The molecular formula is C23H31F3N2O5. The number of nitrogens with zero attached hydrogens (tertiary/aromatic N) is 2. The summed E-state index contributed by atoms with van der Waals surface area (Å²) in [6.45, 7) is 10.6. The van der Waals surface area contributed by atoms with Gasteiger partial charge in [0.2, 0.25) is 11.7 Å². The molecule has 0 bridgehead atoms. The lowest BCUT2D eigenvalue weighted by molar-refractivity contribution is -0.274. The minimum atomic E-state index is -4.74. The van der Waals surface area contributed by atoms with Crippen LogP contribution in [0.3, 0.4) is 0 Å². The summed E-state index contributed by atoms with van der Waals surface area (Å²) in [7, 11) is 0. The number of hydrogen-bond donors (Lipinski definition) is 0. The maximum absolute atomic E-state index is 13.5. The molecule has 10 heteroatoms. The Bertz CT molecular complexity index is 857. The van der Waals surface area contributed by atoms with Gasteiger partial charge >= 0.3 is 12.3 Å². The molecule has 3 atom stereocenters. The summed E-state index contributed by atoms with van der Waals surface area (Å²) in [6.07, 6.45) is -5.19. The van der Waals surface area contributed by atoms with E-state index < -0.39 is 30.1 Å². The first kappa shape index (κ1) is 25.1. The molecule has 2 aliphatic rings. The fourth-order valence-corrected chi connectivity index (χ4v) is 4.38. The molecule has 1 aromatic rings. The number of esters is 1. The normalized spacial score (nSPS) is 24.1. The molecule has 0 unspecified atom stereocenters. The number of anilines is 1. The average Bonchev–Trinajstić information content (AvgIpc) is 2.97. The van der Waals surface area contributed by atoms with Crippen LogP contribution in [0.25, 0.3) is 0 Å². The fourth-order valence-electron chi connectivity index (χ4n) is 4.38. The van der Waals surface area contributed by atoms with E-state index in [0.29, 0.717) is 26.1 Å². The molecule has 0 saturated carbocycles. The van der Waals surface area contributed by atoms with Crippen molar-refractivity contribution >= 4 is 17.6 Å². The standard InChI is InChI=1S/C23H31F3N2O5/c1-14(2)12-18(19-21(30)33-22(4,5)32-19)20(29)28-11-10-27(13-15(28)3)16-6-8-17(9-7-16)31-23(24,25)26/h6-9,14-15,18-19H,10-13H2,1-5H3/t15-,18+,19-/m1/s1. The summed E-state index contributed by atoms with van der Waals surface area (Å²) in [4.78, 5) is 29.7. The minimum Gasteiger partial charge on any atom is -0.432 e. The van der Waals surface area contributed by atoms with Crippen molar-refractivity contribution in [2.45, 2.75) is 65.3 Å². The van der Waals surface area contributed by atoms with Crippen LogP contribution < -0.4 is 9.64 Å². The Hall–Kier alpha value is -2.49. The van der Waals surface area contributed by atoms with E-state index in [1.165, 1.54) is 12.1 Å². The van der Waals surface area contributed by atoms with Crippen molar-refractivity contribution in [3.63, 3.8) is 0 Å². The Morgan fingerprint density at radius 1 is 1.21 bits per heavy atom. The quantitative estimate of drug-likeness (QED) is 0.584. The average molecular weight is 473 g/mol. The van der Waals surface area contributed by atoms with E-state index in [4.69, 9.17) is 9.47 Å². The topological polar surface area (TPSA) is 68.3 Å². The zero-order valence-corrected chi connectivity index (χ0v) is 19.5. The third-order valence-electron chi connectivity index (χ3n) is 5.74. The van der Waals surface area contributed by atoms with Gasteiger partial charge in [0, 0.05) is 45.2 Å². The summed E-state index contributed by atoms with van der Waals surface area (Å²) >= 11 is 0. The van der Waals surface area contributed by atoms with Gasteiger partial charge < -0.3 is 24.0 Å². The van der Waals surface area contributed by atoms with Crippen LogP contribution in [0.15, 0.2) is 24.3 Å². The van der Waals surface area contributed by atoms with Crippen molar-refractivity contribution in [1.29, 1.82) is 0 Å². The number of benzene rings is 1. The van der Waals surface area contributed by atoms with E-state index in [1.54, 1.807) is 30.9 Å². The lowest BCUT2D eigenvalue weighted by atomic mass is 9.90. The van der Waals surface area contributed by atoms with Gasteiger partial charge in [-0.2, -0.15) is 0 Å². The van der Waals surface area contributed by atoms with Crippen molar-refractivity contribution in [3.05, 3.63) is 24.3 Å². The van der Waals surface area contributed by atoms with Crippen molar-refractivity contribution in [2.24, 2.45) is 11.8 Å². The first-order valence-corrected chi connectivity index (χ1v) is 11.1. The van der Waals surface area contributed by atoms with Gasteiger partial charge in [-0.1, -0.05) is 13.8 Å². The monoisotopic (exact) mass is 472 g/mol. The molecule has 1 aromatic carbocycles. The number of rotatable bonds is 6. The molecule has 0 aliphatic carbocycles. The smallest absolute Gasteiger partial charge is 0.432 e. The van der Waals surface area contributed by atoms with E-state index in [9.17, 15) is 22.8 Å². The number of halogens is 3. The first-order valence-electron chi connectivity index (χ1n) is 11.1. The predicted octanol–water partition coefficient (Wildman–Crippen LogP) is 3.96. The molecule has 2 heterocycles. The Morgan fingerprint density at radius 2 is 1.85 bits per heavy atom. The largest absolute Gasteiger partial charge is 0.573 e. The van der Waals surface area contributed by atoms with E-state index in [2.05, 4.69) is 4.74 Å². The molecular weight excluding hydrogens is 441 g/mol. The number of amides is 1. The van der Waals surface area contributed by atoms with Gasteiger partial charge in [0.05, 0.1) is 5.92 Å². The van der Waals surface area contributed by atoms with Crippen LogP contribution >= 0.6 is 0 Å². The second-order valence-corrected chi connectivity index (χ2v) is 9.46. The zero-order valence-electron chi connectivity index (χ0n) is 19.5. The van der Waals surface area contributed by atoms with Crippen molar-refractivity contribution < 1.29 is 37.0 Å². The molecule has 2 aliphatic heterocycles. The van der Waals surface area contributed by atoms with Crippen molar-refractivity contribution in [2.75, 3.05) is 24.5 Å². The number of piperazine rings is 1. The first-order chi connectivity index (χ1) is 15.3. The molecule has 1 amide bonds. The number of hydrogen-bond acceptors (Lipinski definition) is 6. The summed E-state index contributed by atoms with van der Waals surface area (Å²) in [6, 6.07) is 5.51. The summed E-state index contributed by atoms with van der Waals surface area (Å²) < 4.78 is 52.1. The molecule has 0 N–H and O–H groups in total. The minimum absolute atomic E-state index is 0.149. The van der Waals surface area contributed by atoms with Gasteiger partial charge in [-0.25, -0.2) is 4.79 Å². The Morgan fingerprint density at radius 3 is 2.33 bits per heavy atom. The van der Waals surface area contributed by atoms with Gasteiger partial charge in [0.15, 0.2) is 6.10 Å². The highest BCUT2D eigenvalue weighted by Crippen LogP contribution is 2.33. The molecule has 7 nitrogen and oxygen atoms in total. The van der Waals surface area contributed by atoms with Crippen LogP contribution in [0.1, 0.15) is 41.0 Å². The van der Waals surface area contributed by atoms with Gasteiger partial charge in [0.1, 0.15) is 5.75 Å². The van der Waals surface area contributed by atoms with Gasteiger partial charge in [-0.3, -0.25) is 4.79 Å². The Balaban J connectivity index is 1.68. The van der Waals surface area contributed by atoms with Crippen molar-refractivity contribution in [1.82, 2.24) is 4.90 Å². The summed E-state index contributed by atoms with van der Waals surface area (Å²) in [5.41, 5.74) is 0.742. The number of cyclic esters (lactones) is 1. The molecule has 0 radical (unpaired) electrons. The highest BCUT2D eigenvalue weighted by molar-refractivity contribution is 5.88. The van der Waals surface area contributed by atoms with Gasteiger partial charge in [0.25, 0.3) is 0 Å². The molecule has 184 valence electrons. The van der Waals surface area contributed by atoms with Crippen LogP contribution in [-0.4, -0.2) is 60.7 Å². The third kappa shape index (κ3) is 6.31. The van der Waals surface area contributed by atoms with E-state index in [-0.39, 0.29) is 23.6 Å². The lowest BCUT2D eigenvalue weighted by Crippen LogP contribution is -2.57. The predicted molar refractivity (Wildman–Crippen MR) is 115 cm³/mol. The highest BCUT2D eigenvalue weighted by atomic mass is 19.4. The number of carbonyl (C=O) groups excluding carboxylic acids is 2. The molecule has 3 rings (SSSR count). The number of carbonyl (C=O) groups is 2. The number of alkyl halides is 3. The van der Waals surface area contributed by atoms with E-state index >= 15 is 0 Å². The van der Waals surface area contributed by atoms with Crippen LogP contribution in [-0.2, 0) is 19.1 Å². The Kier molecular flexibility index (Phi) is 7.16. The maximum atomic E-state index is 13.5. The molecule has 2 saturated heterocycles. The third-order valence-corrected chi connectivity index (χ3v) is 5.74. The zero-order chi connectivity index (χ0) is 24.6. The highest BCUT2D eigenvalue weighted by Gasteiger charge is 2.49. The second-order valence-electron chi connectivity index (χ2n) is 9.46. The van der Waals surface area contributed by atoms with E-state index in [1.807, 2.05) is 25.7 Å². The fraction of sp³-hybridized carbons (Fsp3) is 0.652. The number of ether oxygens (including phenoxy) is 3. The second kappa shape index (κ2) is 9.40. The lowest BCUT2D eigenvalue weighted by Gasteiger charge is -2.42. The van der Waals surface area contributed by atoms with Crippen molar-refractivity contribution in [3.8, 4) is 5.75 Å². The SMILES string of the molecule is CC(C)C[C@H](C(=O)N1CCN(c2ccc(OC(F)(F)F)cc2)C[C@H]1C)[C@H]1OC(C)(C)OC1=O. The summed E-state index contributed by atoms with van der Waals surface area (Å²) in [5.74, 6) is -2.49. The maximum Gasteiger partial charge on any atom is 0.573 e. The molecule has 33 heavy (non-hydrogen) atoms. The molecule has 0 aromatic heterocycles. The molecule has 0 spiro atoms. The summed E-state index contributed by atoms with van der Waals surface area (Å²) in [5, 5.41) is 0.